The minimum Gasteiger partial charge on any atom is -0.334 e. The summed E-state index contributed by atoms with van der Waals surface area (Å²) in [6, 6.07) is 18.7. The molecule has 0 aliphatic carbocycles. The highest BCUT2D eigenvalue weighted by molar-refractivity contribution is 6.31. The molecule has 0 unspecified atom stereocenters. The van der Waals surface area contributed by atoms with Crippen molar-refractivity contribution in [3.63, 3.8) is 0 Å². The number of hydrogen-bond acceptors (Lipinski definition) is 2. The molecule has 0 atom stereocenters. The number of benzene rings is 3. The van der Waals surface area contributed by atoms with Gasteiger partial charge in [0.25, 0.3) is 5.91 Å². The largest absolute Gasteiger partial charge is 0.334 e. The summed E-state index contributed by atoms with van der Waals surface area (Å²) in [5, 5.41) is 6.27. The molecular weight excluding hydrogens is 410 g/mol. The third-order valence-corrected chi connectivity index (χ3v) is 5.69. The Morgan fingerprint density at radius 3 is 2.68 bits per heavy atom. The average Bonchev–Trinajstić information content (AvgIpc) is 3.17. The molecular formula is C25H24ClN3O2. The molecule has 158 valence electrons. The SMILES string of the molecule is Cc1cccc(C(=O)N2CCc3ccc(CNC(=O)Nc4cc(Cl)ccc4C)cc32)c1. The summed E-state index contributed by atoms with van der Waals surface area (Å²) in [7, 11) is 0. The number of carbonyl (C=O) groups is 2. The molecule has 0 aromatic heterocycles. The zero-order valence-electron chi connectivity index (χ0n) is 17.5. The first-order chi connectivity index (χ1) is 14.9. The van der Waals surface area contributed by atoms with Crippen molar-refractivity contribution < 1.29 is 9.59 Å². The van der Waals surface area contributed by atoms with E-state index in [1.54, 1.807) is 12.1 Å². The molecule has 0 saturated carbocycles. The molecule has 0 fully saturated rings. The highest BCUT2D eigenvalue weighted by Crippen LogP contribution is 2.30. The lowest BCUT2D eigenvalue weighted by molar-refractivity contribution is 0.0989. The molecule has 3 aromatic carbocycles. The molecule has 6 heteroatoms. The zero-order valence-corrected chi connectivity index (χ0v) is 18.3. The van der Waals surface area contributed by atoms with Crippen molar-refractivity contribution in [1.29, 1.82) is 0 Å². The smallest absolute Gasteiger partial charge is 0.319 e. The molecule has 0 spiro atoms. The fraction of sp³-hybridized carbons (Fsp3) is 0.200. The molecule has 3 amide bonds. The number of nitrogens with zero attached hydrogens (tertiary/aromatic N) is 1. The van der Waals surface area contributed by atoms with Crippen LogP contribution in [0.3, 0.4) is 0 Å². The van der Waals surface area contributed by atoms with Crippen molar-refractivity contribution >= 4 is 34.9 Å². The standard InChI is InChI=1S/C25H24ClN3O2/c1-16-4-3-5-20(12-16)24(30)29-11-10-19-8-7-18(13-23(19)29)15-27-25(31)28-22-14-21(26)9-6-17(22)2/h3-9,12-14H,10-11,15H2,1-2H3,(H2,27,28,31). The Labute approximate surface area is 187 Å². The van der Waals surface area contributed by atoms with Gasteiger partial charge in [-0.2, -0.15) is 0 Å². The number of nitrogens with one attached hydrogen (secondary N) is 2. The van der Waals surface area contributed by atoms with Crippen molar-refractivity contribution in [2.45, 2.75) is 26.8 Å². The van der Waals surface area contributed by atoms with Crippen LogP contribution in [0.5, 0.6) is 0 Å². The molecule has 1 aliphatic heterocycles. The first kappa shape index (κ1) is 20.9. The van der Waals surface area contributed by atoms with Crippen molar-refractivity contribution in [1.82, 2.24) is 5.32 Å². The van der Waals surface area contributed by atoms with Gasteiger partial charge in [0.1, 0.15) is 0 Å². The topological polar surface area (TPSA) is 61.4 Å². The van der Waals surface area contributed by atoms with Gasteiger partial charge in [-0.3, -0.25) is 4.79 Å². The fourth-order valence-electron chi connectivity index (χ4n) is 3.76. The maximum absolute atomic E-state index is 13.0. The van der Waals surface area contributed by atoms with E-state index in [4.69, 9.17) is 11.6 Å². The van der Waals surface area contributed by atoms with E-state index in [1.807, 2.05) is 67.3 Å². The van der Waals surface area contributed by atoms with Crippen LogP contribution < -0.4 is 15.5 Å². The summed E-state index contributed by atoms with van der Waals surface area (Å²) in [6.45, 7) is 4.90. The van der Waals surface area contributed by atoms with E-state index in [1.165, 1.54) is 0 Å². The van der Waals surface area contributed by atoms with E-state index >= 15 is 0 Å². The Balaban J connectivity index is 1.44. The van der Waals surface area contributed by atoms with Gasteiger partial charge in [0.05, 0.1) is 0 Å². The van der Waals surface area contributed by atoms with Gasteiger partial charge in [0.2, 0.25) is 0 Å². The van der Waals surface area contributed by atoms with Crippen LogP contribution in [0.2, 0.25) is 5.02 Å². The third-order valence-electron chi connectivity index (χ3n) is 5.46. The van der Waals surface area contributed by atoms with Gasteiger partial charge in [0.15, 0.2) is 0 Å². The Bertz CT molecular complexity index is 1160. The number of fused-ring (bicyclic) bond motifs is 1. The van der Waals surface area contributed by atoms with Crippen LogP contribution in [0.25, 0.3) is 0 Å². The van der Waals surface area contributed by atoms with Crippen molar-refractivity contribution in [2.24, 2.45) is 0 Å². The normalized spacial score (nSPS) is 12.4. The summed E-state index contributed by atoms with van der Waals surface area (Å²) in [6.07, 6.45) is 0.828. The summed E-state index contributed by atoms with van der Waals surface area (Å²) >= 11 is 6.02. The van der Waals surface area contributed by atoms with Gasteiger partial charge in [-0.1, -0.05) is 47.5 Å². The molecule has 31 heavy (non-hydrogen) atoms. The van der Waals surface area contributed by atoms with E-state index in [0.717, 1.165) is 34.4 Å². The fourth-order valence-corrected chi connectivity index (χ4v) is 3.93. The third kappa shape index (κ3) is 4.72. The highest BCUT2D eigenvalue weighted by atomic mass is 35.5. The number of halogens is 1. The van der Waals surface area contributed by atoms with E-state index in [2.05, 4.69) is 10.6 Å². The van der Waals surface area contributed by atoms with E-state index < -0.39 is 0 Å². The zero-order chi connectivity index (χ0) is 22.0. The van der Waals surface area contributed by atoms with Crippen LogP contribution in [0.4, 0.5) is 16.2 Å². The molecule has 3 aromatic rings. The van der Waals surface area contributed by atoms with Crippen molar-refractivity contribution in [3.8, 4) is 0 Å². The van der Waals surface area contributed by atoms with Gasteiger partial charge >= 0.3 is 6.03 Å². The number of hydrogen-bond donors (Lipinski definition) is 2. The van der Waals surface area contributed by atoms with Crippen LogP contribution in [0, 0.1) is 13.8 Å². The Morgan fingerprint density at radius 2 is 1.87 bits per heavy atom. The van der Waals surface area contributed by atoms with Gasteiger partial charge in [-0.25, -0.2) is 4.79 Å². The maximum Gasteiger partial charge on any atom is 0.319 e. The second-order valence-corrected chi connectivity index (χ2v) is 8.24. The van der Waals surface area contributed by atoms with Crippen LogP contribution >= 0.6 is 11.6 Å². The first-order valence-corrected chi connectivity index (χ1v) is 10.6. The minimum absolute atomic E-state index is 0.00161. The van der Waals surface area contributed by atoms with Gasteiger partial charge in [0, 0.05) is 35.1 Å². The van der Waals surface area contributed by atoms with Crippen molar-refractivity contribution in [2.75, 3.05) is 16.8 Å². The number of amides is 3. The lowest BCUT2D eigenvalue weighted by Crippen LogP contribution is -2.30. The lowest BCUT2D eigenvalue weighted by Gasteiger charge is -2.18. The quantitative estimate of drug-likeness (QED) is 0.572. The van der Waals surface area contributed by atoms with Crippen LogP contribution in [0.15, 0.2) is 60.7 Å². The molecule has 4 rings (SSSR count). The highest BCUT2D eigenvalue weighted by Gasteiger charge is 2.25. The predicted molar refractivity (Wildman–Crippen MR) is 125 cm³/mol. The van der Waals surface area contributed by atoms with E-state index in [9.17, 15) is 9.59 Å². The monoisotopic (exact) mass is 433 g/mol. The van der Waals surface area contributed by atoms with Gasteiger partial charge < -0.3 is 15.5 Å². The second kappa shape index (κ2) is 8.82. The molecule has 2 N–H and O–H groups in total. The number of anilines is 2. The molecule has 0 radical (unpaired) electrons. The van der Waals surface area contributed by atoms with Gasteiger partial charge in [-0.05, 0) is 67.3 Å². The van der Waals surface area contributed by atoms with Crippen LogP contribution in [-0.4, -0.2) is 18.5 Å². The second-order valence-electron chi connectivity index (χ2n) is 7.81. The molecule has 0 bridgehead atoms. The van der Waals surface area contributed by atoms with Crippen LogP contribution in [0.1, 0.15) is 32.6 Å². The number of urea groups is 1. The molecule has 0 saturated heterocycles. The molecule has 5 nitrogen and oxygen atoms in total. The summed E-state index contributed by atoms with van der Waals surface area (Å²) in [5.41, 5.74) is 6.34. The minimum atomic E-state index is -0.307. The molecule has 1 aliphatic rings. The molecule has 1 heterocycles. The van der Waals surface area contributed by atoms with E-state index in [0.29, 0.717) is 29.4 Å². The van der Waals surface area contributed by atoms with Gasteiger partial charge in [-0.15, -0.1) is 0 Å². The summed E-state index contributed by atoms with van der Waals surface area (Å²) in [4.78, 5) is 27.2. The number of carbonyl (C=O) groups excluding carboxylic acids is 2. The summed E-state index contributed by atoms with van der Waals surface area (Å²) in [5.74, 6) is 0.00161. The van der Waals surface area contributed by atoms with Crippen molar-refractivity contribution in [3.05, 3.63) is 93.5 Å². The summed E-state index contributed by atoms with van der Waals surface area (Å²) < 4.78 is 0. The Kier molecular flexibility index (Phi) is 5.96. The average molecular weight is 434 g/mol. The first-order valence-electron chi connectivity index (χ1n) is 10.2. The lowest BCUT2D eigenvalue weighted by atomic mass is 10.1. The number of rotatable bonds is 4. The number of aryl methyl sites for hydroxylation is 2. The Morgan fingerprint density at radius 1 is 1.03 bits per heavy atom. The van der Waals surface area contributed by atoms with E-state index in [-0.39, 0.29) is 11.9 Å². The Hall–Kier alpha value is -3.31. The predicted octanol–water partition coefficient (Wildman–Crippen LogP) is 5.48. The maximum atomic E-state index is 13.0. The van der Waals surface area contributed by atoms with Crippen LogP contribution in [-0.2, 0) is 13.0 Å².